The number of aromatic nitrogens is 1. The molecule has 1 aliphatic heterocycles. The molecule has 3 nitrogen and oxygen atoms in total. The van der Waals surface area contributed by atoms with Gasteiger partial charge in [-0.25, -0.2) is 4.98 Å². The fraction of sp³-hybridized carbons (Fsp3) is 0.471. The number of aryl methyl sites for hydroxylation is 1. The number of fused-ring (bicyclic) bond motifs is 1. The molecule has 1 atom stereocenters. The Morgan fingerprint density at radius 2 is 2.19 bits per heavy atom. The molecule has 1 unspecified atom stereocenters. The molecule has 0 bridgehead atoms. The average Bonchev–Trinajstić information content (AvgIpc) is 2.78. The third-order valence-electron chi connectivity index (χ3n) is 4.10. The predicted molar refractivity (Wildman–Crippen MR) is 89.8 cm³/mol. The first kappa shape index (κ1) is 14.5. The van der Waals surface area contributed by atoms with E-state index in [-0.39, 0.29) is 0 Å². The van der Waals surface area contributed by atoms with E-state index in [0.29, 0.717) is 12.0 Å². The number of hydrogen-bond acceptors (Lipinski definition) is 4. The van der Waals surface area contributed by atoms with Gasteiger partial charge in [0, 0.05) is 35.9 Å². The number of benzene rings is 1. The lowest BCUT2D eigenvalue weighted by atomic mass is 10.0. The van der Waals surface area contributed by atoms with Gasteiger partial charge in [-0.05, 0) is 24.5 Å². The Morgan fingerprint density at radius 1 is 1.38 bits per heavy atom. The molecule has 1 N–H and O–H groups in total. The topological polar surface area (TPSA) is 28.2 Å². The average molecular weight is 301 g/mol. The third kappa shape index (κ3) is 3.27. The van der Waals surface area contributed by atoms with Crippen molar-refractivity contribution in [3.8, 4) is 0 Å². The van der Waals surface area contributed by atoms with E-state index in [9.17, 15) is 0 Å². The minimum Gasteiger partial charge on any atom is -0.363 e. The summed E-state index contributed by atoms with van der Waals surface area (Å²) in [5.74, 6) is 0.625. The third-order valence-corrected chi connectivity index (χ3v) is 5.05. The largest absolute Gasteiger partial charge is 0.363 e. The van der Waals surface area contributed by atoms with Gasteiger partial charge in [0.25, 0.3) is 0 Å². The van der Waals surface area contributed by atoms with Gasteiger partial charge < -0.3 is 10.2 Å². The lowest BCUT2D eigenvalue weighted by Gasteiger charge is -2.28. The maximum atomic E-state index is 4.63. The first-order valence-corrected chi connectivity index (χ1v) is 8.48. The number of hydrogen-bond donors (Lipinski definition) is 1. The van der Waals surface area contributed by atoms with E-state index in [2.05, 4.69) is 65.6 Å². The maximum Gasteiger partial charge on any atom is 0.112 e. The zero-order valence-corrected chi connectivity index (χ0v) is 13.8. The highest BCUT2D eigenvalue weighted by Gasteiger charge is 2.23. The molecule has 0 saturated heterocycles. The van der Waals surface area contributed by atoms with Crippen molar-refractivity contribution >= 4 is 17.0 Å². The molecule has 0 saturated carbocycles. The van der Waals surface area contributed by atoms with E-state index in [0.717, 1.165) is 25.3 Å². The number of rotatable bonds is 3. The second-order valence-corrected chi connectivity index (χ2v) is 7.07. The second-order valence-electron chi connectivity index (χ2n) is 6.12. The molecule has 1 aromatic heterocycles. The summed E-state index contributed by atoms with van der Waals surface area (Å²) in [6.07, 6.45) is 0. The second kappa shape index (κ2) is 6.16. The molecule has 0 radical (unpaired) electrons. The lowest BCUT2D eigenvalue weighted by Crippen LogP contribution is -2.41. The van der Waals surface area contributed by atoms with Crippen LogP contribution in [0.2, 0.25) is 0 Å². The summed E-state index contributed by atoms with van der Waals surface area (Å²) >= 11 is 1.76. The zero-order chi connectivity index (χ0) is 14.8. The Labute approximate surface area is 131 Å². The molecule has 2 aromatic rings. The molecule has 0 fully saturated rings. The van der Waals surface area contributed by atoms with Crippen LogP contribution in [0.1, 0.15) is 30.1 Å². The number of nitrogens with zero attached hydrogens (tertiary/aromatic N) is 2. The molecule has 4 heteroatoms. The number of nitrogens with one attached hydrogen (secondary N) is 1. The minimum absolute atomic E-state index is 0.512. The summed E-state index contributed by atoms with van der Waals surface area (Å²) < 4.78 is 0. The number of para-hydroxylation sites is 1. The molecule has 1 aromatic carbocycles. The Hall–Kier alpha value is -1.39. The summed E-state index contributed by atoms with van der Waals surface area (Å²) in [4.78, 5) is 7.12. The van der Waals surface area contributed by atoms with Crippen LogP contribution in [0.15, 0.2) is 29.6 Å². The highest BCUT2D eigenvalue weighted by molar-refractivity contribution is 7.09. The van der Waals surface area contributed by atoms with E-state index in [1.165, 1.54) is 16.3 Å². The first-order valence-electron chi connectivity index (χ1n) is 7.60. The standard InChI is InChI=1S/C17H23N3S/c1-12(2)15-9-20(10-17-19-13(3)11-21-17)16-7-5-4-6-14(16)8-18-15/h4-7,11-12,15,18H,8-10H2,1-3H3. The van der Waals surface area contributed by atoms with Gasteiger partial charge in [0.15, 0.2) is 0 Å². The van der Waals surface area contributed by atoms with Crippen molar-refractivity contribution in [2.45, 2.75) is 39.9 Å². The quantitative estimate of drug-likeness (QED) is 0.939. The van der Waals surface area contributed by atoms with E-state index >= 15 is 0 Å². The fourth-order valence-corrected chi connectivity index (χ4v) is 3.63. The highest BCUT2D eigenvalue weighted by Crippen LogP contribution is 2.27. The van der Waals surface area contributed by atoms with Gasteiger partial charge in [0.1, 0.15) is 5.01 Å². The van der Waals surface area contributed by atoms with Gasteiger partial charge in [-0.2, -0.15) is 0 Å². The molecule has 0 spiro atoms. The Kier molecular flexibility index (Phi) is 4.27. The van der Waals surface area contributed by atoms with Crippen molar-refractivity contribution in [1.29, 1.82) is 0 Å². The van der Waals surface area contributed by atoms with Crippen LogP contribution in [0.3, 0.4) is 0 Å². The van der Waals surface area contributed by atoms with Crippen molar-refractivity contribution in [1.82, 2.24) is 10.3 Å². The molecule has 2 heterocycles. The molecule has 21 heavy (non-hydrogen) atoms. The molecular weight excluding hydrogens is 278 g/mol. The zero-order valence-electron chi connectivity index (χ0n) is 13.0. The van der Waals surface area contributed by atoms with E-state index < -0.39 is 0 Å². The van der Waals surface area contributed by atoms with Crippen LogP contribution in [0, 0.1) is 12.8 Å². The van der Waals surface area contributed by atoms with Crippen LogP contribution >= 0.6 is 11.3 Å². The Balaban J connectivity index is 1.89. The van der Waals surface area contributed by atoms with E-state index in [1.54, 1.807) is 11.3 Å². The normalized spacial score (nSPS) is 18.7. The van der Waals surface area contributed by atoms with Gasteiger partial charge in [0.2, 0.25) is 0 Å². The van der Waals surface area contributed by atoms with Crippen molar-refractivity contribution in [3.05, 3.63) is 45.9 Å². The number of anilines is 1. The number of thiazole rings is 1. The predicted octanol–water partition coefficient (Wildman–Crippen LogP) is 3.59. The van der Waals surface area contributed by atoms with Crippen molar-refractivity contribution in [3.63, 3.8) is 0 Å². The summed E-state index contributed by atoms with van der Waals surface area (Å²) in [5, 5.41) is 7.04. The van der Waals surface area contributed by atoms with Crippen LogP contribution in [0.5, 0.6) is 0 Å². The van der Waals surface area contributed by atoms with Gasteiger partial charge in [0.05, 0.1) is 6.54 Å². The monoisotopic (exact) mass is 301 g/mol. The lowest BCUT2D eigenvalue weighted by molar-refractivity contribution is 0.403. The molecule has 3 rings (SSSR count). The summed E-state index contributed by atoms with van der Waals surface area (Å²) in [7, 11) is 0. The smallest absolute Gasteiger partial charge is 0.112 e. The maximum absolute atomic E-state index is 4.63. The first-order chi connectivity index (χ1) is 10.1. The van der Waals surface area contributed by atoms with Crippen LogP contribution < -0.4 is 10.2 Å². The van der Waals surface area contributed by atoms with Gasteiger partial charge >= 0.3 is 0 Å². The Bertz CT molecular complexity index is 606. The van der Waals surface area contributed by atoms with Crippen LogP contribution in [0.25, 0.3) is 0 Å². The van der Waals surface area contributed by atoms with Crippen LogP contribution in [-0.4, -0.2) is 17.6 Å². The van der Waals surface area contributed by atoms with Crippen LogP contribution in [0.4, 0.5) is 5.69 Å². The molecule has 0 aliphatic carbocycles. The van der Waals surface area contributed by atoms with E-state index in [4.69, 9.17) is 0 Å². The fourth-order valence-electron chi connectivity index (χ4n) is 2.85. The van der Waals surface area contributed by atoms with E-state index in [1.807, 2.05) is 0 Å². The highest BCUT2D eigenvalue weighted by atomic mass is 32.1. The van der Waals surface area contributed by atoms with Gasteiger partial charge in [-0.3, -0.25) is 0 Å². The molecule has 112 valence electrons. The Morgan fingerprint density at radius 3 is 2.90 bits per heavy atom. The summed E-state index contributed by atoms with van der Waals surface area (Å²) in [5.41, 5.74) is 3.85. The van der Waals surface area contributed by atoms with Gasteiger partial charge in [-0.1, -0.05) is 32.0 Å². The van der Waals surface area contributed by atoms with Gasteiger partial charge in [-0.15, -0.1) is 11.3 Å². The van der Waals surface area contributed by atoms with Crippen molar-refractivity contribution in [2.24, 2.45) is 5.92 Å². The molecule has 1 aliphatic rings. The SMILES string of the molecule is Cc1csc(CN2CC(C(C)C)NCc3ccccc32)n1. The summed E-state index contributed by atoms with van der Waals surface area (Å²) in [6, 6.07) is 9.24. The molecular formula is C17H23N3S. The molecule has 0 amide bonds. The van der Waals surface area contributed by atoms with Crippen molar-refractivity contribution < 1.29 is 0 Å². The van der Waals surface area contributed by atoms with Crippen molar-refractivity contribution in [2.75, 3.05) is 11.4 Å². The summed E-state index contributed by atoms with van der Waals surface area (Å²) in [6.45, 7) is 9.54. The van der Waals surface area contributed by atoms with Crippen LogP contribution in [-0.2, 0) is 13.1 Å². The minimum atomic E-state index is 0.512.